The van der Waals surface area contributed by atoms with Crippen LogP contribution in [0.2, 0.25) is 5.02 Å². The number of nitrogens with two attached hydrogens (primary N) is 1. The number of rotatable bonds is 2. The van der Waals surface area contributed by atoms with Crippen molar-refractivity contribution in [2.75, 3.05) is 0 Å². The molecule has 0 radical (unpaired) electrons. The first-order chi connectivity index (χ1) is 10.1. The predicted octanol–water partition coefficient (Wildman–Crippen LogP) is 3.74. The van der Waals surface area contributed by atoms with Crippen LogP contribution in [0.25, 0.3) is 0 Å². The molecule has 0 aliphatic carbocycles. The summed E-state index contributed by atoms with van der Waals surface area (Å²) in [4.78, 5) is 4.52. The normalized spacial score (nSPS) is 21.5. The van der Waals surface area contributed by atoms with Gasteiger partial charge in [0.2, 0.25) is 0 Å². The summed E-state index contributed by atoms with van der Waals surface area (Å²) in [6.45, 7) is 2.12. The lowest BCUT2D eigenvalue weighted by atomic mass is 9.92. The van der Waals surface area contributed by atoms with Gasteiger partial charge in [0.1, 0.15) is 0 Å². The molecule has 0 saturated heterocycles. The summed E-state index contributed by atoms with van der Waals surface area (Å²) in [7, 11) is 0. The molecular formula is C17H18ClN3. The van der Waals surface area contributed by atoms with Crippen molar-refractivity contribution >= 4 is 17.6 Å². The first kappa shape index (κ1) is 14.0. The molecule has 3 nitrogen and oxygen atoms in total. The summed E-state index contributed by atoms with van der Waals surface area (Å²) >= 11 is 6.08. The molecule has 3 rings (SSSR count). The average Bonchev–Trinajstić information content (AvgIpc) is 2.47. The van der Waals surface area contributed by atoms with Crippen molar-refractivity contribution in [3.8, 4) is 0 Å². The first-order valence-electron chi connectivity index (χ1n) is 7.04. The fourth-order valence-electron chi connectivity index (χ4n) is 2.83. The second kappa shape index (κ2) is 5.78. The van der Waals surface area contributed by atoms with Crippen molar-refractivity contribution in [3.05, 3.63) is 70.2 Å². The van der Waals surface area contributed by atoms with Crippen LogP contribution in [-0.2, 0) is 0 Å². The molecule has 1 aliphatic heterocycles. The highest BCUT2D eigenvalue weighted by molar-refractivity contribution is 6.30. The molecule has 1 aliphatic rings. The number of benzene rings is 2. The van der Waals surface area contributed by atoms with E-state index in [0.717, 1.165) is 17.0 Å². The first-order valence-corrected chi connectivity index (χ1v) is 7.42. The van der Waals surface area contributed by atoms with Crippen LogP contribution in [0.15, 0.2) is 53.5 Å². The maximum absolute atomic E-state index is 6.08. The standard InChI is InChI=1S/C17H18ClN3/c1-11-5-2-3-8-14(11)16-10-15(20-17(19)21-16)12-6-4-7-13(18)9-12/h2-9,15-16H,10H2,1H3,(H3,19,20,21). The van der Waals surface area contributed by atoms with E-state index in [1.807, 2.05) is 30.3 Å². The summed E-state index contributed by atoms with van der Waals surface area (Å²) < 4.78 is 0. The lowest BCUT2D eigenvalue weighted by molar-refractivity contribution is 0.486. The zero-order valence-corrected chi connectivity index (χ0v) is 12.6. The molecule has 21 heavy (non-hydrogen) atoms. The van der Waals surface area contributed by atoms with Crippen LogP contribution in [0.1, 0.15) is 35.2 Å². The monoisotopic (exact) mass is 299 g/mol. The molecule has 0 fully saturated rings. The van der Waals surface area contributed by atoms with Gasteiger partial charge in [0.15, 0.2) is 5.96 Å². The Balaban J connectivity index is 1.92. The zero-order chi connectivity index (χ0) is 14.8. The topological polar surface area (TPSA) is 50.4 Å². The molecule has 2 aromatic carbocycles. The Labute approximate surface area is 129 Å². The van der Waals surface area contributed by atoms with Crippen molar-refractivity contribution in [2.45, 2.75) is 25.4 Å². The van der Waals surface area contributed by atoms with Gasteiger partial charge in [0.25, 0.3) is 0 Å². The van der Waals surface area contributed by atoms with E-state index in [-0.39, 0.29) is 12.1 Å². The molecule has 1 heterocycles. The number of aryl methyl sites for hydroxylation is 1. The van der Waals surface area contributed by atoms with Crippen LogP contribution in [0.5, 0.6) is 0 Å². The van der Waals surface area contributed by atoms with E-state index in [0.29, 0.717) is 5.96 Å². The SMILES string of the molecule is Cc1ccccc1C1CC(c2cccc(Cl)c2)N=C(N)N1. The Kier molecular flexibility index (Phi) is 3.84. The largest absolute Gasteiger partial charge is 0.370 e. The van der Waals surface area contributed by atoms with Gasteiger partial charge in [-0.25, -0.2) is 4.99 Å². The highest BCUT2D eigenvalue weighted by Gasteiger charge is 2.25. The van der Waals surface area contributed by atoms with E-state index >= 15 is 0 Å². The van der Waals surface area contributed by atoms with Gasteiger partial charge < -0.3 is 11.1 Å². The third kappa shape index (κ3) is 3.03. The highest BCUT2D eigenvalue weighted by Crippen LogP contribution is 2.34. The fraction of sp³-hybridized carbons (Fsp3) is 0.235. The number of hydrogen-bond donors (Lipinski definition) is 2. The summed E-state index contributed by atoms with van der Waals surface area (Å²) in [5.74, 6) is 0.486. The summed E-state index contributed by atoms with van der Waals surface area (Å²) in [6.07, 6.45) is 0.867. The highest BCUT2D eigenvalue weighted by atomic mass is 35.5. The van der Waals surface area contributed by atoms with Gasteiger partial charge in [0.05, 0.1) is 12.1 Å². The van der Waals surface area contributed by atoms with Gasteiger partial charge in [-0.3, -0.25) is 0 Å². The van der Waals surface area contributed by atoms with Gasteiger partial charge >= 0.3 is 0 Å². The molecule has 0 saturated carbocycles. The van der Waals surface area contributed by atoms with Crippen molar-refractivity contribution < 1.29 is 0 Å². The minimum Gasteiger partial charge on any atom is -0.370 e. The minimum absolute atomic E-state index is 0.0366. The fourth-order valence-corrected chi connectivity index (χ4v) is 3.02. The predicted molar refractivity (Wildman–Crippen MR) is 87.5 cm³/mol. The Morgan fingerprint density at radius 3 is 2.76 bits per heavy atom. The van der Waals surface area contributed by atoms with Crippen LogP contribution in [-0.4, -0.2) is 5.96 Å². The number of nitrogens with zero attached hydrogens (tertiary/aromatic N) is 1. The zero-order valence-electron chi connectivity index (χ0n) is 11.9. The molecule has 2 atom stereocenters. The summed E-state index contributed by atoms with van der Waals surface area (Å²) in [6, 6.07) is 16.4. The van der Waals surface area contributed by atoms with Crippen LogP contribution in [0.3, 0.4) is 0 Å². The molecular weight excluding hydrogens is 282 g/mol. The molecule has 0 spiro atoms. The van der Waals surface area contributed by atoms with Crippen LogP contribution >= 0.6 is 11.6 Å². The van der Waals surface area contributed by atoms with Crippen LogP contribution < -0.4 is 11.1 Å². The number of nitrogens with one attached hydrogen (secondary N) is 1. The van der Waals surface area contributed by atoms with Gasteiger partial charge in [-0.2, -0.15) is 0 Å². The number of hydrogen-bond acceptors (Lipinski definition) is 3. The second-order valence-electron chi connectivity index (χ2n) is 5.37. The van der Waals surface area contributed by atoms with E-state index in [9.17, 15) is 0 Å². The van der Waals surface area contributed by atoms with Crippen LogP contribution in [0.4, 0.5) is 0 Å². The van der Waals surface area contributed by atoms with Gasteiger partial charge in [-0.1, -0.05) is 48.0 Å². The molecule has 3 N–H and O–H groups in total. The molecule has 0 amide bonds. The summed E-state index contributed by atoms with van der Waals surface area (Å²) in [5, 5.41) is 4.01. The second-order valence-corrected chi connectivity index (χ2v) is 5.81. The molecule has 2 aromatic rings. The minimum atomic E-state index is 0.0366. The van der Waals surface area contributed by atoms with E-state index < -0.39 is 0 Å². The molecule has 108 valence electrons. The summed E-state index contributed by atoms with van der Waals surface area (Å²) in [5.41, 5.74) is 9.61. The Morgan fingerprint density at radius 1 is 1.19 bits per heavy atom. The molecule has 0 bridgehead atoms. The van der Waals surface area contributed by atoms with E-state index in [4.69, 9.17) is 17.3 Å². The molecule has 4 heteroatoms. The lowest BCUT2D eigenvalue weighted by Crippen LogP contribution is -2.39. The maximum Gasteiger partial charge on any atom is 0.189 e. The lowest BCUT2D eigenvalue weighted by Gasteiger charge is -2.29. The molecule has 2 unspecified atom stereocenters. The third-order valence-corrected chi connectivity index (χ3v) is 4.11. The van der Waals surface area contributed by atoms with Crippen molar-refractivity contribution in [1.82, 2.24) is 5.32 Å². The Bertz CT molecular complexity index is 681. The van der Waals surface area contributed by atoms with E-state index in [2.05, 4.69) is 35.4 Å². The van der Waals surface area contributed by atoms with Crippen molar-refractivity contribution in [1.29, 1.82) is 0 Å². The Morgan fingerprint density at radius 2 is 2.00 bits per heavy atom. The average molecular weight is 300 g/mol. The van der Waals surface area contributed by atoms with E-state index in [1.165, 1.54) is 11.1 Å². The number of halogens is 1. The van der Waals surface area contributed by atoms with Gasteiger partial charge in [-0.15, -0.1) is 0 Å². The van der Waals surface area contributed by atoms with Crippen molar-refractivity contribution in [2.24, 2.45) is 10.7 Å². The van der Waals surface area contributed by atoms with Gasteiger partial charge in [-0.05, 0) is 42.2 Å². The van der Waals surface area contributed by atoms with Crippen LogP contribution in [0, 0.1) is 6.92 Å². The molecule has 0 aromatic heterocycles. The third-order valence-electron chi connectivity index (χ3n) is 3.87. The van der Waals surface area contributed by atoms with Crippen molar-refractivity contribution in [3.63, 3.8) is 0 Å². The quantitative estimate of drug-likeness (QED) is 0.887. The smallest absolute Gasteiger partial charge is 0.189 e. The number of guanidine groups is 1. The number of aliphatic imine (C=N–C) groups is 1. The maximum atomic E-state index is 6.08. The van der Waals surface area contributed by atoms with E-state index in [1.54, 1.807) is 0 Å². The van der Waals surface area contributed by atoms with Gasteiger partial charge in [0, 0.05) is 5.02 Å². The Hall–Kier alpha value is -2.00.